The first-order valence-corrected chi connectivity index (χ1v) is 4.88. The summed E-state index contributed by atoms with van der Waals surface area (Å²) in [6.45, 7) is 7.15. The van der Waals surface area contributed by atoms with Crippen LogP contribution in [0.1, 0.15) is 27.2 Å². The van der Waals surface area contributed by atoms with Crippen LogP contribution in [0, 0.1) is 0 Å². The van der Waals surface area contributed by atoms with Gasteiger partial charge in [0.15, 0.2) is 0 Å². The van der Waals surface area contributed by atoms with E-state index in [-0.39, 0.29) is 5.54 Å². The van der Waals surface area contributed by atoms with Crippen molar-refractivity contribution in [3.05, 3.63) is 0 Å². The Hall–Kier alpha value is 0.210. The minimum Gasteiger partial charge on any atom is -0.385 e. The lowest BCUT2D eigenvalue weighted by atomic mass is 10.1. The Bertz CT molecular complexity index is 117. The molecule has 0 heterocycles. The third-order valence-corrected chi connectivity index (χ3v) is 2.39. The first-order valence-electron chi connectivity index (χ1n) is 4.34. The molecule has 0 aromatic rings. The van der Waals surface area contributed by atoms with Crippen molar-refractivity contribution in [1.29, 1.82) is 0 Å². The first-order chi connectivity index (χ1) is 5.52. The molecule has 0 aliphatic carbocycles. The molecule has 2 nitrogen and oxygen atoms in total. The van der Waals surface area contributed by atoms with Crippen LogP contribution in [0.25, 0.3) is 0 Å². The van der Waals surface area contributed by atoms with E-state index in [4.69, 9.17) is 16.3 Å². The fraction of sp³-hybridized carbons (Fsp3) is 1.00. The van der Waals surface area contributed by atoms with Crippen LogP contribution in [0.5, 0.6) is 0 Å². The summed E-state index contributed by atoms with van der Waals surface area (Å²) in [7, 11) is 1.72. The highest BCUT2D eigenvalue weighted by atomic mass is 35.5. The molecule has 1 atom stereocenters. The van der Waals surface area contributed by atoms with E-state index in [0.717, 1.165) is 13.0 Å². The van der Waals surface area contributed by atoms with Crippen LogP contribution in [-0.4, -0.2) is 31.2 Å². The molecule has 0 rings (SSSR count). The topological polar surface area (TPSA) is 21.3 Å². The molecule has 12 heavy (non-hydrogen) atoms. The van der Waals surface area contributed by atoms with Gasteiger partial charge in [0.1, 0.15) is 0 Å². The summed E-state index contributed by atoms with van der Waals surface area (Å²) in [4.78, 5) is 0. The van der Waals surface area contributed by atoms with Gasteiger partial charge in [-0.15, -0.1) is 11.6 Å². The Morgan fingerprint density at radius 2 is 2.08 bits per heavy atom. The zero-order valence-electron chi connectivity index (χ0n) is 8.48. The van der Waals surface area contributed by atoms with E-state index in [0.29, 0.717) is 11.9 Å². The quantitative estimate of drug-likeness (QED) is 0.652. The average molecular weight is 194 g/mol. The van der Waals surface area contributed by atoms with Gasteiger partial charge < -0.3 is 10.1 Å². The van der Waals surface area contributed by atoms with Crippen molar-refractivity contribution >= 4 is 11.6 Å². The molecule has 0 saturated carbocycles. The molecule has 0 bridgehead atoms. The fourth-order valence-corrected chi connectivity index (χ4v) is 1.15. The molecule has 3 heteroatoms. The summed E-state index contributed by atoms with van der Waals surface area (Å²) < 4.78 is 4.99. The lowest BCUT2D eigenvalue weighted by molar-refractivity contribution is 0.179. The largest absolute Gasteiger partial charge is 0.385 e. The molecule has 0 aliphatic rings. The van der Waals surface area contributed by atoms with Crippen molar-refractivity contribution in [2.45, 2.75) is 38.8 Å². The maximum atomic E-state index is 5.78. The van der Waals surface area contributed by atoms with Gasteiger partial charge in [-0.2, -0.15) is 0 Å². The van der Waals surface area contributed by atoms with Crippen molar-refractivity contribution in [1.82, 2.24) is 5.32 Å². The van der Waals surface area contributed by atoms with E-state index in [2.05, 4.69) is 26.1 Å². The number of hydrogen-bond acceptors (Lipinski definition) is 2. The molecule has 1 N–H and O–H groups in total. The fourth-order valence-electron chi connectivity index (χ4n) is 1.07. The van der Waals surface area contributed by atoms with Crippen LogP contribution in [0.4, 0.5) is 0 Å². The van der Waals surface area contributed by atoms with Gasteiger partial charge in [-0.1, -0.05) is 0 Å². The Labute approximate surface area is 80.6 Å². The van der Waals surface area contributed by atoms with E-state index in [1.807, 2.05) is 0 Å². The van der Waals surface area contributed by atoms with E-state index in [1.165, 1.54) is 0 Å². The zero-order valence-corrected chi connectivity index (χ0v) is 9.24. The highest BCUT2D eigenvalue weighted by molar-refractivity contribution is 6.18. The number of nitrogens with one attached hydrogen (secondary N) is 1. The van der Waals surface area contributed by atoms with Crippen molar-refractivity contribution in [2.75, 3.05) is 19.6 Å². The summed E-state index contributed by atoms with van der Waals surface area (Å²) in [5, 5.41) is 3.43. The molecule has 0 aromatic heterocycles. The van der Waals surface area contributed by atoms with Crippen molar-refractivity contribution in [2.24, 2.45) is 0 Å². The number of alkyl halides is 1. The number of hydrogen-bond donors (Lipinski definition) is 1. The van der Waals surface area contributed by atoms with Crippen LogP contribution in [0.15, 0.2) is 0 Å². The van der Waals surface area contributed by atoms with E-state index >= 15 is 0 Å². The molecule has 0 aliphatic heterocycles. The molecule has 0 spiro atoms. The van der Waals surface area contributed by atoms with Gasteiger partial charge in [-0.25, -0.2) is 0 Å². The molecule has 0 radical (unpaired) electrons. The zero-order chi connectivity index (χ0) is 9.61. The van der Waals surface area contributed by atoms with Gasteiger partial charge in [0.2, 0.25) is 0 Å². The SMILES string of the molecule is COCCC(C)NC(C)(C)CCl. The van der Waals surface area contributed by atoms with E-state index in [1.54, 1.807) is 7.11 Å². The second kappa shape index (κ2) is 5.79. The normalized spacial score (nSPS) is 14.8. The average Bonchev–Trinajstić information content (AvgIpc) is 2.00. The molecule has 74 valence electrons. The molecule has 0 amide bonds. The minimum absolute atomic E-state index is 0.0225. The number of halogens is 1. The van der Waals surface area contributed by atoms with Gasteiger partial charge in [0.05, 0.1) is 0 Å². The van der Waals surface area contributed by atoms with Crippen molar-refractivity contribution in [3.8, 4) is 0 Å². The summed E-state index contributed by atoms with van der Waals surface area (Å²) in [5.74, 6) is 0.629. The monoisotopic (exact) mass is 193 g/mol. The number of methoxy groups -OCH3 is 1. The second-order valence-corrected chi connectivity index (χ2v) is 4.11. The predicted molar refractivity (Wildman–Crippen MR) is 53.9 cm³/mol. The second-order valence-electron chi connectivity index (χ2n) is 3.84. The van der Waals surface area contributed by atoms with Gasteiger partial charge >= 0.3 is 0 Å². The molecule has 1 unspecified atom stereocenters. The summed E-state index contributed by atoms with van der Waals surface area (Å²) in [6, 6.07) is 0.457. The lowest BCUT2D eigenvalue weighted by Crippen LogP contribution is -2.46. The van der Waals surface area contributed by atoms with Crippen LogP contribution in [-0.2, 0) is 4.74 Å². The smallest absolute Gasteiger partial charge is 0.0476 e. The number of ether oxygens (including phenoxy) is 1. The van der Waals surface area contributed by atoms with E-state index < -0.39 is 0 Å². The lowest BCUT2D eigenvalue weighted by Gasteiger charge is -2.28. The Kier molecular flexibility index (Phi) is 5.89. The minimum atomic E-state index is 0.0225. The van der Waals surface area contributed by atoms with Crippen LogP contribution in [0.2, 0.25) is 0 Å². The third-order valence-electron chi connectivity index (χ3n) is 1.73. The summed E-state index contributed by atoms with van der Waals surface area (Å²) >= 11 is 5.78. The summed E-state index contributed by atoms with van der Waals surface area (Å²) in [5.41, 5.74) is 0.0225. The molecule has 0 aromatic carbocycles. The molecule has 0 saturated heterocycles. The Morgan fingerprint density at radius 1 is 1.50 bits per heavy atom. The molecular weight excluding hydrogens is 174 g/mol. The van der Waals surface area contributed by atoms with Gasteiger partial charge in [-0.3, -0.25) is 0 Å². The van der Waals surface area contributed by atoms with Gasteiger partial charge in [0, 0.05) is 31.2 Å². The van der Waals surface area contributed by atoms with Crippen LogP contribution in [0.3, 0.4) is 0 Å². The maximum absolute atomic E-state index is 5.78. The predicted octanol–water partition coefficient (Wildman–Crippen LogP) is 2.02. The van der Waals surface area contributed by atoms with Crippen molar-refractivity contribution in [3.63, 3.8) is 0 Å². The number of rotatable bonds is 6. The first kappa shape index (κ1) is 12.2. The Balaban J connectivity index is 3.60. The van der Waals surface area contributed by atoms with Crippen LogP contribution < -0.4 is 5.32 Å². The summed E-state index contributed by atoms with van der Waals surface area (Å²) in [6.07, 6.45) is 1.02. The van der Waals surface area contributed by atoms with Gasteiger partial charge in [-0.05, 0) is 27.2 Å². The van der Waals surface area contributed by atoms with Gasteiger partial charge in [0.25, 0.3) is 0 Å². The molecular formula is C9H20ClNO. The van der Waals surface area contributed by atoms with Crippen molar-refractivity contribution < 1.29 is 4.74 Å². The molecule has 0 fully saturated rings. The third kappa shape index (κ3) is 5.81. The maximum Gasteiger partial charge on any atom is 0.0476 e. The highest BCUT2D eigenvalue weighted by Gasteiger charge is 2.17. The highest BCUT2D eigenvalue weighted by Crippen LogP contribution is 2.07. The Morgan fingerprint density at radius 3 is 2.50 bits per heavy atom. The van der Waals surface area contributed by atoms with Crippen LogP contribution >= 0.6 is 11.6 Å². The van der Waals surface area contributed by atoms with E-state index in [9.17, 15) is 0 Å². The standard InChI is InChI=1S/C9H20ClNO/c1-8(5-6-12-4)11-9(2,3)7-10/h8,11H,5-7H2,1-4H3.